The lowest BCUT2D eigenvalue weighted by atomic mass is 10.1. The lowest BCUT2D eigenvalue weighted by molar-refractivity contribution is 0.584. The van der Waals surface area contributed by atoms with E-state index < -0.39 is 0 Å². The van der Waals surface area contributed by atoms with E-state index in [-0.39, 0.29) is 5.54 Å². The van der Waals surface area contributed by atoms with Crippen LogP contribution in [0.5, 0.6) is 0 Å². The minimum atomic E-state index is -0.131. The fourth-order valence-electron chi connectivity index (χ4n) is 1.24. The third-order valence-corrected chi connectivity index (χ3v) is 2.21. The molecule has 0 heterocycles. The molecular formula is C14H19ClN2. The van der Waals surface area contributed by atoms with Crippen molar-refractivity contribution in [2.45, 2.75) is 33.2 Å². The van der Waals surface area contributed by atoms with E-state index in [1.807, 2.05) is 31.2 Å². The van der Waals surface area contributed by atoms with E-state index in [4.69, 9.17) is 11.6 Å². The van der Waals surface area contributed by atoms with Crippen molar-refractivity contribution in [1.82, 2.24) is 0 Å². The first kappa shape index (κ1) is 13.8. The number of nitrogens with zero attached hydrogens (tertiary/aromatic N) is 1. The molecule has 0 aliphatic heterocycles. The molecular weight excluding hydrogens is 232 g/mol. The van der Waals surface area contributed by atoms with Gasteiger partial charge in [0.15, 0.2) is 0 Å². The normalized spacial score (nSPS) is 12.4. The molecule has 0 atom stereocenters. The second kappa shape index (κ2) is 5.37. The first-order valence-electron chi connectivity index (χ1n) is 5.56. The minimum Gasteiger partial charge on any atom is -0.340 e. The summed E-state index contributed by atoms with van der Waals surface area (Å²) < 4.78 is 0. The van der Waals surface area contributed by atoms with Gasteiger partial charge in [0.2, 0.25) is 0 Å². The van der Waals surface area contributed by atoms with Crippen LogP contribution in [-0.4, -0.2) is 11.4 Å². The number of benzene rings is 1. The van der Waals surface area contributed by atoms with Crippen LogP contribution in [0.15, 0.2) is 41.4 Å². The zero-order valence-corrected chi connectivity index (χ0v) is 11.6. The maximum atomic E-state index is 5.84. The molecule has 1 aromatic rings. The fraction of sp³-hybridized carbons (Fsp3) is 0.357. The molecule has 0 saturated heterocycles. The molecule has 0 unspecified atom stereocenters. The van der Waals surface area contributed by atoms with Gasteiger partial charge in [0, 0.05) is 10.7 Å². The Morgan fingerprint density at radius 1 is 1.24 bits per heavy atom. The van der Waals surface area contributed by atoms with E-state index in [2.05, 4.69) is 37.7 Å². The SMILES string of the molecule is C=C(C)C(=NC(C)(C)C)Nc1ccc(Cl)cc1. The predicted octanol–water partition coefficient (Wildman–Crippen LogP) is 4.53. The average Bonchev–Trinajstić information content (AvgIpc) is 2.18. The summed E-state index contributed by atoms with van der Waals surface area (Å²) in [6.45, 7) is 12.0. The van der Waals surface area contributed by atoms with Crippen LogP contribution in [0.2, 0.25) is 5.02 Å². The van der Waals surface area contributed by atoms with Crippen LogP contribution in [-0.2, 0) is 0 Å². The molecule has 1 N–H and O–H groups in total. The number of hydrogen-bond acceptors (Lipinski definition) is 1. The Morgan fingerprint density at radius 3 is 2.18 bits per heavy atom. The number of amidine groups is 1. The summed E-state index contributed by atoms with van der Waals surface area (Å²) in [5.41, 5.74) is 1.74. The van der Waals surface area contributed by atoms with Crippen molar-refractivity contribution >= 4 is 23.1 Å². The second-order valence-corrected chi connectivity index (χ2v) is 5.48. The van der Waals surface area contributed by atoms with Crippen molar-refractivity contribution in [3.63, 3.8) is 0 Å². The van der Waals surface area contributed by atoms with Crippen LogP contribution < -0.4 is 5.32 Å². The van der Waals surface area contributed by atoms with Gasteiger partial charge in [-0.2, -0.15) is 0 Å². The van der Waals surface area contributed by atoms with Crippen molar-refractivity contribution in [3.05, 3.63) is 41.4 Å². The lowest BCUT2D eigenvalue weighted by Gasteiger charge is -2.17. The molecule has 0 aliphatic carbocycles. The first-order chi connectivity index (χ1) is 7.78. The summed E-state index contributed by atoms with van der Waals surface area (Å²) in [7, 11) is 0. The van der Waals surface area contributed by atoms with Crippen LogP contribution in [0.3, 0.4) is 0 Å². The van der Waals surface area contributed by atoms with Crippen molar-refractivity contribution < 1.29 is 0 Å². The highest BCUT2D eigenvalue weighted by Crippen LogP contribution is 2.16. The van der Waals surface area contributed by atoms with E-state index in [0.717, 1.165) is 22.1 Å². The van der Waals surface area contributed by atoms with Crippen LogP contribution in [0.4, 0.5) is 5.69 Å². The number of hydrogen-bond donors (Lipinski definition) is 1. The summed E-state index contributed by atoms with van der Waals surface area (Å²) in [6.07, 6.45) is 0. The summed E-state index contributed by atoms with van der Waals surface area (Å²) >= 11 is 5.84. The van der Waals surface area contributed by atoms with Gasteiger partial charge >= 0.3 is 0 Å². The Morgan fingerprint density at radius 2 is 1.76 bits per heavy atom. The third kappa shape index (κ3) is 5.05. The van der Waals surface area contributed by atoms with Gasteiger partial charge in [-0.25, -0.2) is 0 Å². The van der Waals surface area contributed by atoms with Gasteiger partial charge < -0.3 is 5.32 Å². The third-order valence-electron chi connectivity index (χ3n) is 1.96. The van der Waals surface area contributed by atoms with Gasteiger partial charge in [0.05, 0.1) is 5.54 Å². The Balaban J connectivity index is 2.92. The van der Waals surface area contributed by atoms with Crippen LogP contribution in [0.25, 0.3) is 0 Å². The Hall–Kier alpha value is -1.28. The highest BCUT2D eigenvalue weighted by molar-refractivity contribution is 6.30. The van der Waals surface area contributed by atoms with E-state index in [1.54, 1.807) is 0 Å². The molecule has 1 rings (SSSR count). The Bertz CT molecular complexity index is 425. The number of nitrogens with one attached hydrogen (secondary N) is 1. The van der Waals surface area contributed by atoms with Crippen molar-refractivity contribution in [2.75, 3.05) is 5.32 Å². The topological polar surface area (TPSA) is 24.4 Å². The van der Waals surface area contributed by atoms with E-state index in [1.165, 1.54) is 0 Å². The molecule has 0 aliphatic rings. The summed E-state index contributed by atoms with van der Waals surface area (Å²) in [5.74, 6) is 0.805. The molecule has 0 fully saturated rings. The Labute approximate surface area is 108 Å². The zero-order valence-electron chi connectivity index (χ0n) is 10.8. The van der Waals surface area contributed by atoms with Crippen LogP contribution >= 0.6 is 11.6 Å². The molecule has 92 valence electrons. The fourth-order valence-corrected chi connectivity index (χ4v) is 1.36. The molecule has 0 bridgehead atoms. The standard InChI is InChI=1S/C14H19ClN2/c1-10(2)13(17-14(3,4)5)16-12-8-6-11(15)7-9-12/h6-9H,1H2,2-5H3,(H,16,17). The predicted molar refractivity (Wildman–Crippen MR) is 77.1 cm³/mol. The summed E-state index contributed by atoms with van der Waals surface area (Å²) in [6, 6.07) is 7.53. The molecule has 0 amide bonds. The van der Waals surface area contributed by atoms with E-state index >= 15 is 0 Å². The molecule has 0 aromatic heterocycles. The van der Waals surface area contributed by atoms with Gasteiger partial charge in [0.25, 0.3) is 0 Å². The monoisotopic (exact) mass is 250 g/mol. The van der Waals surface area contributed by atoms with Crippen LogP contribution in [0, 0.1) is 0 Å². The number of rotatable bonds is 2. The highest BCUT2D eigenvalue weighted by Gasteiger charge is 2.10. The van der Waals surface area contributed by atoms with E-state index in [0.29, 0.717) is 0 Å². The van der Waals surface area contributed by atoms with Gasteiger partial charge in [-0.15, -0.1) is 0 Å². The zero-order chi connectivity index (χ0) is 13.1. The maximum absolute atomic E-state index is 5.84. The highest BCUT2D eigenvalue weighted by atomic mass is 35.5. The molecule has 1 aromatic carbocycles. The Kier molecular flexibility index (Phi) is 4.35. The molecule has 17 heavy (non-hydrogen) atoms. The van der Waals surface area contributed by atoms with Crippen molar-refractivity contribution in [1.29, 1.82) is 0 Å². The maximum Gasteiger partial charge on any atom is 0.128 e. The smallest absolute Gasteiger partial charge is 0.128 e. The van der Waals surface area contributed by atoms with Crippen molar-refractivity contribution in [3.8, 4) is 0 Å². The largest absolute Gasteiger partial charge is 0.340 e. The number of anilines is 1. The number of halogens is 1. The van der Waals surface area contributed by atoms with Crippen LogP contribution in [0.1, 0.15) is 27.7 Å². The summed E-state index contributed by atoms with van der Waals surface area (Å²) in [4.78, 5) is 4.60. The molecule has 0 spiro atoms. The average molecular weight is 251 g/mol. The van der Waals surface area contributed by atoms with E-state index in [9.17, 15) is 0 Å². The molecule has 2 nitrogen and oxygen atoms in total. The van der Waals surface area contributed by atoms with Gasteiger partial charge in [0.1, 0.15) is 5.84 Å². The second-order valence-electron chi connectivity index (χ2n) is 5.04. The minimum absolute atomic E-state index is 0.131. The quantitative estimate of drug-likeness (QED) is 0.606. The van der Waals surface area contributed by atoms with Gasteiger partial charge in [-0.3, -0.25) is 4.99 Å². The number of aliphatic imine (C=N–C) groups is 1. The molecule has 3 heteroatoms. The lowest BCUT2D eigenvalue weighted by Crippen LogP contribution is -2.20. The molecule has 0 saturated carbocycles. The molecule has 0 radical (unpaired) electrons. The van der Waals surface area contributed by atoms with Gasteiger partial charge in [-0.05, 0) is 57.5 Å². The summed E-state index contributed by atoms with van der Waals surface area (Å²) in [5, 5.41) is 3.98. The van der Waals surface area contributed by atoms with Crippen molar-refractivity contribution in [2.24, 2.45) is 4.99 Å². The van der Waals surface area contributed by atoms with Gasteiger partial charge in [-0.1, -0.05) is 18.2 Å². The first-order valence-corrected chi connectivity index (χ1v) is 5.94.